The summed E-state index contributed by atoms with van der Waals surface area (Å²) >= 11 is 0. The van der Waals surface area contributed by atoms with Crippen molar-refractivity contribution in [2.75, 3.05) is 11.4 Å². The maximum atomic E-state index is 5.66. The Labute approximate surface area is 99.9 Å². The minimum Gasteiger partial charge on any atom is -0.362 e. The zero-order valence-corrected chi connectivity index (χ0v) is 9.58. The van der Waals surface area contributed by atoms with Crippen LogP contribution < -0.4 is 10.6 Å². The molecule has 0 spiro atoms. The van der Waals surface area contributed by atoms with E-state index in [-0.39, 0.29) is 0 Å². The second kappa shape index (κ2) is 4.18. The minimum absolute atomic E-state index is 0.581. The van der Waals surface area contributed by atoms with Crippen LogP contribution in [0, 0.1) is 0 Å². The Morgan fingerprint density at radius 2 is 2.24 bits per heavy atom. The Morgan fingerprint density at radius 1 is 1.29 bits per heavy atom. The van der Waals surface area contributed by atoms with Crippen molar-refractivity contribution in [3.8, 4) is 0 Å². The monoisotopic (exact) mass is 229 g/mol. The number of hydrogen-bond acceptors (Lipinski definition) is 4. The van der Waals surface area contributed by atoms with Crippen LogP contribution in [0.3, 0.4) is 0 Å². The van der Waals surface area contributed by atoms with Gasteiger partial charge in [0.25, 0.3) is 0 Å². The van der Waals surface area contributed by atoms with Crippen molar-refractivity contribution in [1.29, 1.82) is 0 Å². The molecule has 2 heterocycles. The van der Waals surface area contributed by atoms with Gasteiger partial charge in [0, 0.05) is 25.3 Å². The summed E-state index contributed by atoms with van der Waals surface area (Å²) < 4.78 is 2.10. The van der Waals surface area contributed by atoms with Gasteiger partial charge in [-0.2, -0.15) is 0 Å². The van der Waals surface area contributed by atoms with Gasteiger partial charge in [-0.1, -0.05) is 12.1 Å². The molecule has 2 aromatic rings. The highest BCUT2D eigenvalue weighted by Gasteiger charge is 2.17. The molecule has 0 bridgehead atoms. The van der Waals surface area contributed by atoms with Crippen LogP contribution in [0.4, 0.5) is 5.69 Å². The molecule has 88 valence electrons. The molecule has 0 aliphatic carbocycles. The molecule has 0 fully saturated rings. The van der Waals surface area contributed by atoms with Crippen molar-refractivity contribution >= 4 is 5.69 Å². The lowest BCUT2D eigenvalue weighted by Gasteiger charge is -2.29. The van der Waals surface area contributed by atoms with Gasteiger partial charge in [0.2, 0.25) is 0 Å². The summed E-state index contributed by atoms with van der Waals surface area (Å²) in [7, 11) is 0. The third kappa shape index (κ3) is 1.89. The van der Waals surface area contributed by atoms with E-state index in [2.05, 4.69) is 43.9 Å². The highest BCUT2D eigenvalue weighted by atomic mass is 15.3. The van der Waals surface area contributed by atoms with Crippen LogP contribution >= 0.6 is 0 Å². The van der Waals surface area contributed by atoms with E-state index in [0.717, 1.165) is 31.0 Å². The van der Waals surface area contributed by atoms with Crippen molar-refractivity contribution in [1.82, 2.24) is 14.8 Å². The van der Waals surface area contributed by atoms with Crippen molar-refractivity contribution in [3.05, 3.63) is 42.0 Å². The Hall–Kier alpha value is -1.88. The van der Waals surface area contributed by atoms with Crippen molar-refractivity contribution < 1.29 is 0 Å². The quantitative estimate of drug-likeness (QED) is 0.825. The molecule has 17 heavy (non-hydrogen) atoms. The largest absolute Gasteiger partial charge is 0.362 e. The number of nitrogens with two attached hydrogens (primary N) is 1. The smallest absolute Gasteiger partial charge is 0.152 e. The first-order valence-electron chi connectivity index (χ1n) is 5.77. The van der Waals surface area contributed by atoms with E-state index in [1.54, 1.807) is 6.33 Å². The number of fused-ring (bicyclic) bond motifs is 1. The molecule has 5 nitrogen and oxygen atoms in total. The first kappa shape index (κ1) is 10.3. The van der Waals surface area contributed by atoms with Crippen LogP contribution in [0.25, 0.3) is 0 Å². The summed E-state index contributed by atoms with van der Waals surface area (Å²) in [6.07, 6.45) is 1.79. The van der Waals surface area contributed by atoms with Gasteiger partial charge >= 0.3 is 0 Å². The van der Waals surface area contributed by atoms with E-state index in [1.165, 1.54) is 5.69 Å². The van der Waals surface area contributed by atoms with Crippen molar-refractivity contribution in [3.63, 3.8) is 0 Å². The molecule has 3 rings (SSSR count). The average molecular weight is 229 g/mol. The first-order valence-corrected chi connectivity index (χ1v) is 5.77. The Balaban J connectivity index is 1.86. The maximum absolute atomic E-state index is 5.66. The molecule has 1 aliphatic rings. The van der Waals surface area contributed by atoms with E-state index >= 15 is 0 Å². The topological polar surface area (TPSA) is 60.0 Å². The summed E-state index contributed by atoms with van der Waals surface area (Å²) in [6, 6.07) is 8.37. The standard InChI is InChI=1S/C12H15N5/c13-7-10-2-1-3-11(6-10)16-4-5-17-9-14-15-12(17)8-16/h1-3,6,9H,4-5,7-8,13H2. The van der Waals surface area contributed by atoms with Gasteiger partial charge in [-0.15, -0.1) is 10.2 Å². The van der Waals surface area contributed by atoms with Gasteiger partial charge in [0.1, 0.15) is 6.33 Å². The lowest BCUT2D eigenvalue weighted by atomic mass is 10.2. The van der Waals surface area contributed by atoms with Gasteiger partial charge in [-0.3, -0.25) is 0 Å². The molecule has 1 aromatic heterocycles. The van der Waals surface area contributed by atoms with E-state index in [1.807, 2.05) is 0 Å². The summed E-state index contributed by atoms with van der Waals surface area (Å²) in [6.45, 7) is 3.32. The van der Waals surface area contributed by atoms with E-state index in [0.29, 0.717) is 6.54 Å². The Kier molecular flexibility index (Phi) is 2.53. The predicted molar refractivity (Wildman–Crippen MR) is 65.4 cm³/mol. The zero-order valence-electron chi connectivity index (χ0n) is 9.58. The van der Waals surface area contributed by atoms with Crippen LogP contribution in [-0.4, -0.2) is 21.3 Å². The fourth-order valence-electron chi connectivity index (χ4n) is 2.17. The van der Waals surface area contributed by atoms with Crippen molar-refractivity contribution in [2.24, 2.45) is 5.73 Å². The third-order valence-electron chi connectivity index (χ3n) is 3.15. The van der Waals surface area contributed by atoms with Crippen LogP contribution in [0.15, 0.2) is 30.6 Å². The molecular weight excluding hydrogens is 214 g/mol. The SMILES string of the molecule is NCc1cccc(N2CCn3cnnc3C2)c1. The molecule has 5 heteroatoms. The molecule has 2 N–H and O–H groups in total. The summed E-state index contributed by atoms with van der Waals surface area (Å²) in [5, 5.41) is 8.05. The van der Waals surface area contributed by atoms with E-state index < -0.39 is 0 Å². The van der Waals surface area contributed by atoms with Gasteiger partial charge < -0.3 is 15.2 Å². The fourth-order valence-corrected chi connectivity index (χ4v) is 2.17. The molecule has 1 aliphatic heterocycles. The maximum Gasteiger partial charge on any atom is 0.152 e. The predicted octanol–water partition coefficient (Wildman–Crippen LogP) is 0.757. The summed E-state index contributed by atoms with van der Waals surface area (Å²) in [5.74, 6) is 1.02. The van der Waals surface area contributed by atoms with E-state index in [9.17, 15) is 0 Å². The third-order valence-corrected chi connectivity index (χ3v) is 3.15. The second-order valence-corrected chi connectivity index (χ2v) is 4.24. The second-order valence-electron chi connectivity index (χ2n) is 4.24. The van der Waals surface area contributed by atoms with Crippen molar-refractivity contribution in [2.45, 2.75) is 19.6 Å². The number of benzene rings is 1. The molecule has 0 saturated carbocycles. The zero-order chi connectivity index (χ0) is 11.7. The first-order chi connectivity index (χ1) is 8.36. The van der Waals surface area contributed by atoms with Crippen LogP contribution in [0.1, 0.15) is 11.4 Å². The summed E-state index contributed by atoms with van der Waals surface area (Å²) in [4.78, 5) is 2.31. The Morgan fingerprint density at radius 3 is 3.12 bits per heavy atom. The minimum atomic E-state index is 0.581. The lowest BCUT2D eigenvalue weighted by Crippen LogP contribution is -2.33. The number of aromatic nitrogens is 3. The highest BCUT2D eigenvalue weighted by molar-refractivity contribution is 5.49. The summed E-state index contributed by atoms with van der Waals surface area (Å²) in [5.41, 5.74) is 8.04. The van der Waals surface area contributed by atoms with Gasteiger partial charge in [-0.25, -0.2) is 0 Å². The molecule has 0 radical (unpaired) electrons. The molecular formula is C12H15N5. The van der Waals surface area contributed by atoms with Crippen LogP contribution in [0.5, 0.6) is 0 Å². The highest BCUT2D eigenvalue weighted by Crippen LogP contribution is 2.20. The van der Waals surface area contributed by atoms with Gasteiger partial charge in [-0.05, 0) is 17.7 Å². The van der Waals surface area contributed by atoms with Crippen LogP contribution in [-0.2, 0) is 19.6 Å². The normalized spacial score (nSPS) is 14.8. The number of rotatable bonds is 2. The van der Waals surface area contributed by atoms with Gasteiger partial charge in [0.15, 0.2) is 5.82 Å². The molecule has 0 atom stereocenters. The molecule has 1 aromatic carbocycles. The molecule has 0 amide bonds. The number of anilines is 1. The Bertz CT molecular complexity index is 519. The lowest BCUT2D eigenvalue weighted by molar-refractivity contribution is 0.560. The fraction of sp³-hybridized carbons (Fsp3) is 0.333. The average Bonchev–Trinajstić information content (AvgIpc) is 2.86. The van der Waals surface area contributed by atoms with Crippen LogP contribution in [0.2, 0.25) is 0 Å². The molecule has 0 saturated heterocycles. The van der Waals surface area contributed by atoms with Gasteiger partial charge in [0.05, 0.1) is 6.54 Å². The number of nitrogens with zero attached hydrogens (tertiary/aromatic N) is 4. The number of hydrogen-bond donors (Lipinski definition) is 1. The van der Waals surface area contributed by atoms with E-state index in [4.69, 9.17) is 5.73 Å². The molecule has 0 unspecified atom stereocenters.